The number of hydrogen-bond donors (Lipinski definition) is 4. The highest BCUT2D eigenvalue weighted by atomic mass is 31.2. The lowest BCUT2D eigenvalue weighted by atomic mass is 10.1. The van der Waals surface area contributed by atoms with Gasteiger partial charge in [-0.15, -0.1) is 0 Å². The van der Waals surface area contributed by atoms with E-state index in [2.05, 4.69) is 203 Å². The molecule has 4 N–H and O–H groups in total. The van der Waals surface area contributed by atoms with Crippen LogP contribution in [0.4, 0.5) is 0 Å². The molecule has 0 aliphatic carbocycles. The SMILES string of the molecule is CC/C=C\C/C=C\C/C=C\C/C=C\C/C=C\C/C=C\CCCCCCC(=O)OCC(O)COP(=O)(O)OCC(O)COP(=O)(O)OCC(COC(=O)CCCCCCC/C=C\C/C=C\C/C=C\C/C=C\C/C=C\CC)OC(=O)CCCCCC/C=C\C/C=C\C/C=C\C/C=C\CC. The number of hydrogen-bond acceptors (Lipinski definition) is 14. The third-order valence-electron chi connectivity index (χ3n) is 14.1. The molecular formula is C79H126O16P2. The zero-order valence-corrected chi connectivity index (χ0v) is 61.2. The van der Waals surface area contributed by atoms with Crippen molar-refractivity contribution in [2.75, 3.05) is 39.6 Å². The Bertz CT molecular complexity index is 2490. The second-order valence-corrected chi connectivity index (χ2v) is 26.1. The van der Waals surface area contributed by atoms with Crippen molar-refractivity contribution in [3.8, 4) is 0 Å². The number of phosphoric acid groups is 2. The molecule has 0 saturated carbocycles. The molecule has 548 valence electrons. The van der Waals surface area contributed by atoms with Gasteiger partial charge in [-0.2, -0.15) is 0 Å². The first kappa shape index (κ1) is 91.6. The van der Waals surface area contributed by atoms with E-state index in [0.717, 1.165) is 180 Å². The number of carbonyl (C=O) groups is 3. The molecule has 97 heavy (non-hydrogen) atoms. The number of allylic oxidation sites excluding steroid dienone is 30. The highest BCUT2D eigenvalue weighted by Gasteiger charge is 2.29. The number of ether oxygens (including phenoxy) is 3. The maximum absolute atomic E-state index is 13.0. The minimum Gasteiger partial charge on any atom is -0.463 e. The summed E-state index contributed by atoms with van der Waals surface area (Å²) in [4.78, 5) is 58.5. The van der Waals surface area contributed by atoms with Crippen molar-refractivity contribution in [3.63, 3.8) is 0 Å². The molecule has 0 fully saturated rings. The van der Waals surface area contributed by atoms with Gasteiger partial charge in [-0.1, -0.05) is 248 Å². The summed E-state index contributed by atoms with van der Waals surface area (Å²) in [5, 5.41) is 20.6. The van der Waals surface area contributed by atoms with Crippen LogP contribution < -0.4 is 0 Å². The van der Waals surface area contributed by atoms with E-state index in [0.29, 0.717) is 19.3 Å². The molecule has 0 radical (unpaired) electrons. The molecule has 0 aromatic heterocycles. The van der Waals surface area contributed by atoms with Crippen LogP contribution >= 0.6 is 15.6 Å². The lowest BCUT2D eigenvalue weighted by Gasteiger charge is -2.21. The number of phosphoric ester groups is 2. The Kier molecular flexibility index (Phi) is 66.6. The first-order valence-corrected chi connectivity index (χ1v) is 39.1. The number of rotatable bonds is 66. The predicted octanol–water partition coefficient (Wildman–Crippen LogP) is 20.6. The highest BCUT2D eigenvalue weighted by Crippen LogP contribution is 2.45. The van der Waals surface area contributed by atoms with Gasteiger partial charge < -0.3 is 34.2 Å². The number of aliphatic hydroxyl groups excluding tert-OH is 2. The summed E-state index contributed by atoms with van der Waals surface area (Å²) in [6.07, 6.45) is 89.3. The zero-order chi connectivity index (χ0) is 70.9. The smallest absolute Gasteiger partial charge is 0.463 e. The van der Waals surface area contributed by atoms with E-state index in [4.69, 9.17) is 32.3 Å². The average molecular weight is 1390 g/mol. The molecule has 0 aliphatic rings. The minimum absolute atomic E-state index is 0.0634. The van der Waals surface area contributed by atoms with Gasteiger partial charge in [0, 0.05) is 19.3 Å². The molecule has 5 atom stereocenters. The van der Waals surface area contributed by atoms with Crippen LogP contribution in [0.5, 0.6) is 0 Å². The van der Waals surface area contributed by atoms with Crippen molar-refractivity contribution < 1.29 is 75.8 Å². The second kappa shape index (κ2) is 70.5. The van der Waals surface area contributed by atoms with E-state index >= 15 is 0 Å². The normalized spacial score (nSPS) is 15.2. The summed E-state index contributed by atoms with van der Waals surface area (Å²) in [5.74, 6) is -1.66. The first-order chi connectivity index (χ1) is 47.2. The van der Waals surface area contributed by atoms with Gasteiger partial charge in [0.1, 0.15) is 25.4 Å². The van der Waals surface area contributed by atoms with E-state index < -0.39 is 91.5 Å². The fraction of sp³-hybridized carbons (Fsp3) is 0.582. The summed E-state index contributed by atoms with van der Waals surface area (Å²) < 4.78 is 61.0. The Balaban J connectivity index is 4.76. The third kappa shape index (κ3) is 71.7. The Morgan fingerprint density at radius 2 is 0.515 bits per heavy atom. The van der Waals surface area contributed by atoms with Crippen LogP contribution in [0.3, 0.4) is 0 Å². The molecule has 0 amide bonds. The number of unbranched alkanes of at least 4 members (excludes halogenated alkanes) is 13. The first-order valence-electron chi connectivity index (χ1n) is 36.1. The van der Waals surface area contributed by atoms with Crippen molar-refractivity contribution in [3.05, 3.63) is 182 Å². The topological polar surface area (TPSA) is 231 Å². The number of esters is 3. The van der Waals surface area contributed by atoms with Gasteiger partial charge in [-0.3, -0.25) is 32.5 Å². The van der Waals surface area contributed by atoms with Crippen LogP contribution in [-0.4, -0.2) is 95.9 Å². The molecule has 18 heteroatoms. The van der Waals surface area contributed by atoms with Gasteiger partial charge in [0.15, 0.2) is 6.10 Å². The summed E-state index contributed by atoms with van der Waals surface area (Å²) in [6.45, 7) is 2.21. The molecule has 0 rings (SSSR count). The fourth-order valence-corrected chi connectivity index (χ4v) is 10.3. The largest absolute Gasteiger partial charge is 0.472 e. The number of aliphatic hydroxyl groups is 2. The molecule has 0 aromatic carbocycles. The monoisotopic (exact) mass is 1390 g/mol. The Morgan fingerprint density at radius 1 is 0.289 bits per heavy atom. The van der Waals surface area contributed by atoms with Crippen LogP contribution in [0.25, 0.3) is 0 Å². The summed E-state index contributed by atoms with van der Waals surface area (Å²) in [5.41, 5.74) is 0. The standard InChI is InChI=1S/C79H126O16P2/c1-4-7-10-13-16-19-22-25-28-31-33-35-36-38-40-42-44-47-50-53-56-59-62-65-77(82)89-68-74(80)69-91-96(85,86)92-70-75(81)71-93-97(87,88)94-73-76(95-79(84)67-64-61-58-55-52-49-46-41-30-27-24-21-18-15-12-9-6-3)72-90-78(83)66-63-60-57-54-51-48-45-43-39-37-34-32-29-26-23-20-17-14-11-8-5-2/h7-12,16-21,25-30,33-35,37-38,40,43-47,49,74-76,80-81H,4-6,13-15,22-24,31-32,36,39,41-42,48,50-73H2,1-3H3,(H,85,86)(H,87,88)/b10-7-,11-8-,12-9-,19-16-,20-17-,21-18-,28-25-,29-26-,30-27-,35-33-,37-34-,40-38-,45-43-,47-44-,49-46-. The summed E-state index contributed by atoms with van der Waals surface area (Å²) >= 11 is 0. The van der Waals surface area contributed by atoms with Gasteiger partial charge in [-0.05, 0) is 154 Å². The van der Waals surface area contributed by atoms with Gasteiger partial charge >= 0.3 is 33.6 Å². The average Bonchev–Trinajstić information content (AvgIpc) is 3.63. The Morgan fingerprint density at radius 3 is 0.814 bits per heavy atom. The van der Waals surface area contributed by atoms with Crippen molar-refractivity contribution in [2.24, 2.45) is 0 Å². The van der Waals surface area contributed by atoms with E-state index in [1.165, 1.54) is 0 Å². The van der Waals surface area contributed by atoms with E-state index in [1.807, 2.05) is 0 Å². The maximum Gasteiger partial charge on any atom is 0.472 e. The summed E-state index contributed by atoms with van der Waals surface area (Å²) in [7, 11) is -9.82. The molecule has 0 spiro atoms. The lowest BCUT2D eigenvalue weighted by Crippen LogP contribution is -2.30. The zero-order valence-electron chi connectivity index (χ0n) is 59.4. The molecule has 0 aliphatic heterocycles. The third-order valence-corrected chi connectivity index (χ3v) is 16.0. The van der Waals surface area contributed by atoms with Crippen LogP contribution in [0, 0.1) is 0 Å². The van der Waals surface area contributed by atoms with E-state index in [9.17, 15) is 43.5 Å². The van der Waals surface area contributed by atoms with Crippen LogP contribution in [-0.2, 0) is 55.8 Å². The van der Waals surface area contributed by atoms with Crippen molar-refractivity contribution >= 4 is 33.6 Å². The molecular weight excluding hydrogens is 1270 g/mol. The molecule has 16 nitrogen and oxygen atoms in total. The summed E-state index contributed by atoms with van der Waals surface area (Å²) in [6, 6.07) is 0. The number of carbonyl (C=O) groups excluding carboxylic acids is 3. The van der Waals surface area contributed by atoms with Gasteiger partial charge in [0.2, 0.25) is 0 Å². The van der Waals surface area contributed by atoms with Gasteiger partial charge in [-0.25, -0.2) is 9.13 Å². The highest BCUT2D eigenvalue weighted by molar-refractivity contribution is 7.47. The predicted molar refractivity (Wildman–Crippen MR) is 398 cm³/mol. The van der Waals surface area contributed by atoms with Gasteiger partial charge in [0.05, 0.1) is 26.4 Å². The van der Waals surface area contributed by atoms with Crippen LogP contribution in [0.15, 0.2) is 182 Å². The maximum atomic E-state index is 13.0. The molecule has 0 heterocycles. The fourth-order valence-electron chi connectivity index (χ4n) is 8.71. The van der Waals surface area contributed by atoms with Crippen molar-refractivity contribution in [2.45, 2.75) is 257 Å². The molecule has 0 saturated heterocycles. The Labute approximate surface area is 585 Å². The molecule has 0 bridgehead atoms. The lowest BCUT2D eigenvalue weighted by molar-refractivity contribution is -0.161. The van der Waals surface area contributed by atoms with E-state index in [-0.39, 0.29) is 19.3 Å². The van der Waals surface area contributed by atoms with Crippen molar-refractivity contribution in [1.29, 1.82) is 0 Å². The van der Waals surface area contributed by atoms with Crippen LogP contribution in [0.2, 0.25) is 0 Å². The van der Waals surface area contributed by atoms with E-state index in [1.54, 1.807) is 0 Å². The van der Waals surface area contributed by atoms with Crippen LogP contribution in [0.1, 0.15) is 239 Å². The van der Waals surface area contributed by atoms with Crippen molar-refractivity contribution in [1.82, 2.24) is 0 Å². The Hall–Kier alpha value is -5.35. The second-order valence-electron chi connectivity index (χ2n) is 23.2. The molecule has 5 unspecified atom stereocenters. The van der Waals surface area contributed by atoms with Gasteiger partial charge in [0.25, 0.3) is 0 Å². The minimum atomic E-state index is -4.95. The quantitative estimate of drug-likeness (QED) is 0.0146. The molecule has 0 aromatic rings.